The number of hydrogen-bond donors (Lipinski definition) is 13. The smallest absolute Gasteiger partial charge is 0.318 e. The average molecular weight is 1390 g/mol. The van der Waals surface area contributed by atoms with E-state index in [0.29, 0.717) is 70.6 Å². The van der Waals surface area contributed by atoms with E-state index >= 15 is 19.2 Å². The second kappa shape index (κ2) is 24.7. The van der Waals surface area contributed by atoms with Crippen LogP contribution in [0.4, 0.5) is 0 Å². The number of methoxy groups -OCH3 is 2. The Balaban J connectivity index is 0.841. The lowest BCUT2D eigenvalue weighted by molar-refractivity contribution is -0.300. The third-order valence-corrected chi connectivity index (χ3v) is 31.7. The number of ether oxygens (including phenoxy) is 7. The summed E-state index contributed by atoms with van der Waals surface area (Å²) in [7, 11) is 2.57. The first kappa shape index (κ1) is 74.4. The second-order valence-corrected chi connectivity index (χ2v) is 35.4. The van der Waals surface area contributed by atoms with E-state index in [0.717, 1.165) is 11.1 Å². The van der Waals surface area contributed by atoms with Crippen LogP contribution in [0.5, 0.6) is 0 Å². The van der Waals surface area contributed by atoms with Gasteiger partial charge in [-0.05, 0) is 192 Å². The minimum Gasteiger partial charge on any atom is -0.468 e. The van der Waals surface area contributed by atoms with Crippen LogP contribution in [0, 0.1) is 101 Å². The van der Waals surface area contributed by atoms with E-state index in [1.807, 2.05) is 20.8 Å². The number of carbonyl (C=O) groups excluding carboxylic acids is 4. The summed E-state index contributed by atoms with van der Waals surface area (Å²) in [6, 6.07) is 0. The van der Waals surface area contributed by atoms with Crippen molar-refractivity contribution in [3.8, 4) is 0 Å². The zero-order valence-corrected chi connectivity index (χ0v) is 59.6. The van der Waals surface area contributed by atoms with Crippen LogP contribution in [0.3, 0.4) is 0 Å². The third kappa shape index (κ3) is 9.76. The first-order valence-electron chi connectivity index (χ1n) is 36.3. The van der Waals surface area contributed by atoms with Crippen molar-refractivity contribution >= 4 is 23.9 Å². The second-order valence-electron chi connectivity index (χ2n) is 35.4. The van der Waals surface area contributed by atoms with Gasteiger partial charge in [0, 0.05) is 18.9 Å². The first-order chi connectivity index (χ1) is 45.6. The van der Waals surface area contributed by atoms with E-state index in [4.69, 9.17) is 33.2 Å². The summed E-state index contributed by atoms with van der Waals surface area (Å²) in [5.41, 5.74) is -12.3. The molecule has 554 valence electrons. The van der Waals surface area contributed by atoms with Crippen LogP contribution < -0.4 is 0 Å². The fraction of sp³-hybridized carbons (Fsp3) is 0.892. The van der Waals surface area contributed by atoms with Crippen molar-refractivity contribution in [2.45, 2.75) is 276 Å². The Kier molecular flexibility index (Phi) is 18.7. The number of rotatable bonds is 11. The summed E-state index contributed by atoms with van der Waals surface area (Å²) in [5, 5.41) is 151. The first-order valence-corrected chi connectivity index (χ1v) is 36.3. The highest BCUT2D eigenvalue weighted by molar-refractivity contribution is 5.83. The summed E-state index contributed by atoms with van der Waals surface area (Å²) in [6.07, 6.45) is -12.9. The molecular formula is C74H114O24. The Hall–Kier alpha value is -3.28. The van der Waals surface area contributed by atoms with Crippen molar-refractivity contribution < 1.29 is 119 Å². The summed E-state index contributed by atoms with van der Waals surface area (Å²) >= 11 is 0. The Morgan fingerprint density at radius 2 is 0.939 bits per heavy atom. The standard InChI is InChI=1S/C74H114O24/c1-35-18-24-72(60(87)97-57-51(83)49(81)47(79)41(32-75)94-57)29-27-66(6)38(54(72)71(35,11)91)15-17-44-64(4)31-40(78)56(74(34-76,62(89)93-13)46(64)21-23-68(44,66)8)96-59(86)69(9)45-20-22-67(7)43(63(45,3)30-39(77)55(69)85)16-14-37-53-70(10,90)36(2)19-25-73(53,28-26-65(37,67)5)61(88)98-58-52(84)50(82)48(80)42(95-58)33-92-12/h14-15,35-36,39-58,75-85,90-91H,16-34H2,1-13H3/t35-,36-,39-,40-,41+,42+,43-,44+,45-,46-,47+,48+,49-,50-,51+,52+,53-,54-,55+,56-,57-,58-,63-,64-,65-,66-,67-,68-,69+,70-,71-,72+,73+,74-/m1/s1. The lowest BCUT2D eigenvalue weighted by Gasteiger charge is -2.72. The average Bonchev–Trinajstić information content (AvgIpc) is 0.672. The van der Waals surface area contributed by atoms with Gasteiger partial charge in [0.25, 0.3) is 0 Å². The molecule has 0 aromatic rings. The van der Waals surface area contributed by atoms with Gasteiger partial charge in [-0.15, -0.1) is 0 Å². The Morgan fingerprint density at radius 1 is 0.500 bits per heavy atom. The van der Waals surface area contributed by atoms with Gasteiger partial charge >= 0.3 is 23.9 Å². The van der Waals surface area contributed by atoms with Crippen molar-refractivity contribution in [2.75, 3.05) is 34.0 Å². The maximum Gasteiger partial charge on any atom is 0.318 e. The highest BCUT2D eigenvalue weighted by Gasteiger charge is 2.78. The maximum absolute atomic E-state index is 16.0. The predicted molar refractivity (Wildman–Crippen MR) is 346 cm³/mol. The molecule has 24 nitrogen and oxygen atoms in total. The normalized spacial score (nSPS) is 55.7. The summed E-state index contributed by atoms with van der Waals surface area (Å²) in [5.74, 6) is -7.47. The number of carbonyl (C=O) groups is 4. The monoisotopic (exact) mass is 1390 g/mol. The number of esters is 4. The lowest BCUT2D eigenvalue weighted by atomic mass is 9.32. The zero-order chi connectivity index (χ0) is 72.0. The van der Waals surface area contributed by atoms with Crippen molar-refractivity contribution in [2.24, 2.45) is 101 Å². The van der Waals surface area contributed by atoms with Crippen molar-refractivity contribution in [1.29, 1.82) is 0 Å². The molecule has 34 atom stereocenters. The van der Waals surface area contributed by atoms with E-state index in [1.54, 1.807) is 20.8 Å². The van der Waals surface area contributed by atoms with Gasteiger partial charge in [-0.25, -0.2) is 0 Å². The van der Waals surface area contributed by atoms with E-state index in [-0.39, 0.29) is 62.4 Å². The SMILES string of the molecule is COC[C@@H]1O[C@H](OC(=O)[C@]23CC[C@@H](C)[C@@](C)(O)[C@H]2C2=CC[C@@H]4[C@@]5(C)C[C@@H](O)[C@H](O)[C@@](C)(C(=O)O[C@@H]6[C@H](O)C[C@@]7(C)[C@@H](CC[C@]8(C)[C@H]7CC=C7[C@H]9[C@](C(=O)O[C@H]%10O[C@@H](CO)[C@H](O)[C@@H](O)[C@@H]%10O)(CC[C@@H](C)[C@@]9(C)O)CC[C@]78C)[C@@]6(CO)C(=O)OC)[C@@H]5CC[C@@]4(C)[C@]2(C)CC3)[C@@H](O)[C@H](O)[C@H]1O. The molecule has 2 heterocycles. The molecule has 0 spiro atoms. The summed E-state index contributed by atoms with van der Waals surface area (Å²) < 4.78 is 41.3. The minimum absolute atomic E-state index is 0.00220. The number of allylic oxidation sites excluding steroid dienone is 2. The van der Waals surface area contributed by atoms with Gasteiger partial charge in [-0.3, -0.25) is 19.2 Å². The highest BCUT2D eigenvalue weighted by Crippen LogP contribution is 2.79. The number of fused-ring (bicyclic) bond motifs is 14. The van der Waals surface area contributed by atoms with Gasteiger partial charge < -0.3 is 99.5 Å². The topological polar surface area (TPSA) is 396 Å². The van der Waals surface area contributed by atoms with Crippen LogP contribution in [0.25, 0.3) is 0 Å². The molecule has 0 aromatic carbocycles. The minimum atomic E-state index is -2.05. The molecule has 2 saturated heterocycles. The fourth-order valence-electron chi connectivity index (χ4n) is 25.4. The van der Waals surface area contributed by atoms with E-state index < -0.39 is 212 Å². The largest absolute Gasteiger partial charge is 0.468 e. The van der Waals surface area contributed by atoms with Gasteiger partial charge in [0.15, 0.2) is 0 Å². The number of aliphatic hydroxyl groups excluding tert-OH is 11. The Bertz CT molecular complexity index is 3170. The van der Waals surface area contributed by atoms with Gasteiger partial charge in [0.2, 0.25) is 12.6 Å². The number of hydrogen-bond acceptors (Lipinski definition) is 24. The van der Waals surface area contributed by atoms with Crippen LogP contribution >= 0.6 is 0 Å². The highest BCUT2D eigenvalue weighted by atomic mass is 16.7. The van der Waals surface area contributed by atoms with Gasteiger partial charge in [0.05, 0.1) is 72.7 Å². The third-order valence-electron chi connectivity index (χ3n) is 31.7. The quantitative estimate of drug-likeness (QED) is 0.0802. The Morgan fingerprint density at radius 3 is 1.39 bits per heavy atom. The molecule has 0 radical (unpaired) electrons. The van der Waals surface area contributed by atoms with Crippen LogP contribution in [0.1, 0.15) is 179 Å². The molecule has 0 unspecified atom stereocenters. The zero-order valence-electron chi connectivity index (χ0n) is 59.6. The summed E-state index contributed by atoms with van der Waals surface area (Å²) in [6.45, 7) is 20.0. The molecular weight excluding hydrogens is 1270 g/mol. The molecule has 12 rings (SSSR count). The molecule has 0 bridgehead atoms. The predicted octanol–water partition coefficient (Wildman–Crippen LogP) is 3.19. The molecule has 13 N–H and O–H groups in total. The lowest BCUT2D eigenvalue weighted by Crippen LogP contribution is -2.73. The van der Waals surface area contributed by atoms with Crippen molar-refractivity contribution in [3.05, 3.63) is 23.3 Å². The van der Waals surface area contributed by atoms with Crippen molar-refractivity contribution in [3.63, 3.8) is 0 Å². The molecule has 0 aromatic heterocycles. The molecule has 24 heteroatoms. The Labute approximate surface area is 575 Å². The van der Waals surface area contributed by atoms with E-state index in [9.17, 15) is 66.4 Å². The van der Waals surface area contributed by atoms with Crippen LogP contribution in [-0.2, 0) is 52.3 Å². The van der Waals surface area contributed by atoms with Crippen LogP contribution in [0.2, 0.25) is 0 Å². The van der Waals surface area contributed by atoms with E-state index in [1.165, 1.54) is 14.2 Å². The maximum atomic E-state index is 16.0. The molecule has 2 aliphatic heterocycles. The van der Waals surface area contributed by atoms with E-state index in [2.05, 4.69) is 46.8 Å². The van der Waals surface area contributed by atoms with Crippen LogP contribution in [-0.4, -0.2) is 221 Å². The molecule has 10 aliphatic carbocycles. The number of aliphatic hydroxyl groups is 13. The van der Waals surface area contributed by atoms with Crippen LogP contribution in [0.15, 0.2) is 23.3 Å². The van der Waals surface area contributed by atoms with Gasteiger partial charge in [0.1, 0.15) is 60.4 Å². The molecule has 12 aliphatic rings. The molecule has 10 fully saturated rings. The van der Waals surface area contributed by atoms with Gasteiger partial charge in [-0.1, -0.05) is 78.7 Å². The van der Waals surface area contributed by atoms with Crippen molar-refractivity contribution in [1.82, 2.24) is 0 Å². The fourth-order valence-corrected chi connectivity index (χ4v) is 25.4. The molecule has 8 saturated carbocycles. The molecule has 0 amide bonds. The van der Waals surface area contributed by atoms with Gasteiger partial charge in [-0.2, -0.15) is 0 Å². The summed E-state index contributed by atoms with van der Waals surface area (Å²) in [4.78, 5) is 61.3. The molecule has 98 heavy (non-hydrogen) atoms.